The average molecular weight is 343 g/mol. The molecule has 0 spiro atoms. The molecule has 24 heavy (non-hydrogen) atoms. The van der Waals surface area contributed by atoms with Crippen LogP contribution in [0.15, 0.2) is 24.3 Å². The lowest BCUT2D eigenvalue weighted by molar-refractivity contribution is -0.0996. The zero-order chi connectivity index (χ0) is 16.9. The van der Waals surface area contributed by atoms with Gasteiger partial charge in [0, 0.05) is 26.2 Å². The van der Waals surface area contributed by atoms with E-state index in [1.165, 1.54) is 12.1 Å². The van der Waals surface area contributed by atoms with Crippen LogP contribution in [0.25, 0.3) is 0 Å². The number of β-amino-alcohol motifs (C(OH)–C–C–N with tert-alkyl or cyclic N) is 1. The molecule has 2 heterocycles. The number of rotatable bonds is 6. The molecule has 0 radical (unpaired) electrons. The van der Waals surface area contributed by atoms with Crippen LogP contribution in [0, 0.1) is 0 Å². The largest absolute Gasteiger partial charge is 0.435 e. The number of morpholine rings is 1. The lowest BCUT2D eigenvalue weighted by Gasteiger charge is -2.36. The summed E-state index contributed by atoms with van der Waals surface area (Å²) in [5, 5.41) is 10.4. The van der Waals surface area contributed by atoms with Crippen LogP contribution in [0.3, 0.4) is 0 Å². The molecule has 3 unspecified atom stereocenters. The molecule has 0 amide bonds. The van der Waals surface area contributed by atoms with Gasteiger partial charge >= 0.3 is 6.61 Å². The molecule has 134 valence electrons. The average Bonchev–Trinajstić information content (AvgIpc) is 3.10. The number of hydrogen-bond acceptors (Lipinski definition) is 5. The fourth-order valence-corrected chi connectivity index (χ4v) is 3.24. The van der Waals surface area contributed by atoms with E-state index in [1.807, 2.05) is 0 Å². The molecule has 0 saturated carbocycles. The van der Waals surface area contributed by atoms with Crippen LogP contribution in [0.2, 0.25) is 0 Å². The van der Waals surface area contributed by atoms with E-state index in [2.05, 4.69) is 9.64 Å². The lowest BCUT2D eigenvalue weighted by atomic mass is 10.1. The van der Waals surface area contributed by atoms with E-state index in [4.69, 9.17) is 9.47 Å². The molecular weight excluding hydrogens is 320 g/mol. The Kier molecular flexibility index (Phi) is 5.99. The number of halogens is 2. The normalized spacial score (nSPS) is 26.7. The van der Waals surface area contributed by atoms with Crippen LogP contribution in [-0.2, 0) is 9.47 Å². The number of benzene rings is 1. The monoisotopic (exact) mass is 343 g/mol. The van der Waals surface area contributed by atoms with E-state index in [9.17, 15) is 13.9 Å². The second-order valence-corrected chi connectivity index (χ2v) is 6.18. The highest BCUT2D eigenvalue weighted by atomic mass is 19.3. The van der Waals surface area contributed by atoms with Gasteiger partial charge < -0.3 is 19.3 Å². The van der Waals surface area contributed by atoms with Gasteiger partial charge in [-0.05, 0) is 30.5 Å². The Balaban J connectivity index is 1.52. The van der Waals surface area contributed by atoms with Gasteiger partial charge in [0.05, 0.1) is 24.9 Å². The summed E-state index contributed by atoms with van der Waals surface area (Å²) in [6, 6.07) is 6.11. The molecule has 2 saturated heterocycles. The molecular formula is C17H23F2NO4. The summed E-state index contributed by atoms with van der Waals surface area (Å²) in [5.41, 5.74) is 0.678. The van der Waals surface area contributed by atoms with E-state index in [0.29, 0.717) is 18.7 Å². The Morgan fingerprint density at radius 2 is 1.92 bits per heavy atom. The van der Waals surface area contributed by atoms with Crippen LogP contribution < -0.4 is 4.74 Å². The van der Waals surface area contributed by atoms with Gasteiger partial charge in [0.1, 0.15) is 5.75 Å². The van der Waals surface area contributed by atoms with Crippen molar-refractivity contribution in [3.05, 3.63) is 29.8 Å². The third-order valence-corrected chi connectivity index (χ3v) is 4.48. The number of alkyl halides is 2. The highest BCUT2D eigenvalue weighted by Crippen LogP contribution is 2.24. The summed E-state index contributed by atoms with van der Waals surface area (Å²) in [6.07, 6.45) is 1.60. The first-order chi connectivity index (χ1) is 11.6. The van der Waals surface area contributed by atoms with Gasteiger partial charge in [0.15, 0.2) is 0 Å². The Labute approximate surface area is 140 Å². The first-order valence-electron chi connectivity index (χ1n) is 8.30. The predicted molar refractivity (Wildman–Crippen MR) is 83.2 cm³/mol. The van der Waals surface area contributed by atoms with Crippen LogP contribution in [0.5, 0.6) is 5.75 Å². The maximum Gasteiger partial charge on any atom is 0.387 e. The molecule has 2 fully saturated rings. The SMILES string of the molecule is OC(CN1CCOC(C2CCCO2)C1)c1ccc(OC(F)F)cc1. The van der Waals surface area contributed by atoms with Gasteiger partial charge in [-0.25, -0.2) is 0 Å². The van der Waals surface area contributed by atoms with E-state index >= 15 is 0 Å². The Morgan fingerprint density at radius 1 is 1.17 bits per heavy atom. The number of hydrogen-bond donors (Lipinski definition) is 1. The lowest BCUT2D eigenvalue weighted by Crippen LogP contribution is -2.48. The zero-order valence-corrected chi connectivity index (χ0v) is 13.4. The molecule has 0 aliphatic carbocycles. The summed E-state index contributed by atoms with van der Waals surface area (Å²) in [7, 11) is 0. The van der Waals surface area contributed by atoms with Gasteiger partial charge in [0.2, 0.25) is 0 Å². The number of aliphatic hydroxyl groups excluding tert-OH is 1. The summed E-state index contributed by atoms with van der Waals surface area (Å²) >= 11 is 0. The molecule has 2 aliphatic heterocycles. The fraction of sp³-hybridized carbons (Fsp3) is 0.647. The van der Waals surface area contributed by atoms with Crippen LogP contribution >= 0.6 is 0 Å². The molecule has 1 aromatic carbocycles. The van der Waals surface area contributed by atoms with Crippen molar-refractivity contribution in [2.45, 2.75) is 37.8 Å². The van der Waals surface area contributed by atoms with Crippen molar-refractivity contribution in [2.75, 3.05) is 32.8 Å². The van der Waals surface area contributed by atoms with Crippen molar-refractivity contribution in [3.63, 3.8) is 0 Å². The molecule has 3 rings (SSSR count). The van der Waals surface area contributed by atoms with Crippen molar-refractivity contribution >= 4 is 0 Å². The minimum atomic E-state index is -2.84. The minimum absolute atomic E-state index is 0.0512. The van der Waals surface area contributed by atoms with Gasteiger partial charge in [-0.2, -0.15) is 8.78 Å². The maximum atomic E-state index is 12.2. The topological polar surface area (TPSA) is 51.2 Å². The van der Waals surface area contributed by atoms with Gasteiger partial charge in [-0.3, -0.25) is 4.90 Å². The second-order valence-electron chi connectivity index (χ2n) is 6.18. The van der Waals surface area contributed by atoms with Crippen molar-refractivity contribution < 1.29 is 28.1 Å². The second kappa shape index (κ2) is 8.20. The summed E-state index contributed by atoms with van der Waals surface area (Å²) in [5.74, 6) is 0.0887. The Hall–Kier alpha value is -1.28. The molecule has 0 bridgehead atoms. The molecule has 7 heteroatoms. The van der Waals surface area contributed by atoms with Crippen molar-refractivity contribution in [2.24, 2.45) is 0 Å². The molecule has 3 atom stereocenters. The fourth-order valence-electron chi connectivity index (χ4n) is 3.24. The predicted octanol–water partition coefficient (Wildman–Crippen LogP) is 2.20. The number of ether oxygens (including phenoxy) is 3. The third-order valence-electron chi connectivity index (χ3n) is 4.48. The maximum absolute atomic E-state index is 12.2. The van der Waals surface area contributed by atoms with Gasteiger partial charge in [-0.15, -0.1) is 0 Å². The van der Waals surface area contributed by atoms with Crippen molar-refractivity contribution in [1.82, 2.24) is 4.90 Å². The van der Waals surface area contributed by atoms with Gasteiger partial charge in [-0.1, -0.05) is 12.1 Å². The first-order valence-corrected chi connectivity index (χ1v) is 8.30. The van der Waals surface area contributed by atoms with Crippen LogP contribution in [0.1, 0.15) is 24.5 Å². The van der Waals surface area contributed by atoms with Crippen molar-refractivity contribution in [1.29, 1.82) is 0 Å². The Bertz CT molecular complexity index is 508. The number of nitrogens with zero attached hydrogens (tertiary/aromatic N) is 1. The van der Waals surface area contributed by atoms with Crippen LogP contribution in [-0.4, -0.2) is 61.7 Å². The minimum Gasteiger partial charge on any atom is -0.435 e. The Morgan fingerprint density at radius 3 is 2.58 bits per heavy atom. The van der Waals surface area contributed by atoms with Gasteiger partial charge in [0.25, 0.3) is 0 Å². The number of aliphatic hydroxyl groups is 1. The summed E-state index contributed by atoms with van der Waals surface area (Å²) < 4.78 is 40.1. The van der Waals surface area contributed by atoms with E-state index < -0.39 is 12.7 Å². The third kappa shape index (κ3) is 4.63. The zero-order valence-electron chi connectivity index (χ0n) is 13.4. The molecule has 0 aromatic heterocycles. The summed E-state index contributed by atoms with van der Waals surface area (Å²) in [4.78, 5) is 2.16. The summed E-state index contributed by atoms with van der Waals surface area (Å²) in [6.45, 7) is 0.533. The van der Waals surface area contributed by atoms with E-state index in [-0.39, 0.29) is 18.0 Å². The highest BCUT2D eigenvalue weighted by Gasteiger charge is 2.31. The quantitative estimate of drug-likeness (QED) is 0.858. The molecule has 5 nitrogen and oxygen atoms in total. The smallest absolute Gasteiger partial charge is 0.387 e. The standard InChI is InChI=1S/C17H23F2NO4/c18-17(19)24-13-5-3-12(4-6-13)14(21)10-20-7-9-23-16(11-20)15-2-1-8-22-15/h3-6,14-17,21H,1-2,7-11H2. The van der Waals surface area contributed by atoms with Crippen LogP contribution in [0.4, 0.5) is 8.78 Å². The van der Waals surface area contributed by atoms with E-state index in [1.54, 1.807) is 12.1 Å². The molecule has 1 N–H and O–H groups in total. The molecule has 1 aromatic rings. The molecule has 2 aliphatic rings. The van der Waals surface area contributed by atoms with Crippen molar-refractivity contribution in [3.8, 4) is 5.75 Å². The van der Waals surface area contributed by atoms with E-state index in [0.717, 1.165) is 32.5 Å². The highest BCUT2D eigenvalue weighted by molar-refractivity contribution is 5.28. The first kappa shape index (κ1) is 17.5.